The largest absolute Gasteiger partial charge is 0.481 e. The van der Waals surface area contributed by atoms with Crippen molar-refractivity contribution in [3.8, 4) is 0 Å². The van der Waals surface area contributed by atoms with E-state index in [0.29, 0.717) is 13.1 Å². The van der Waals surface area contributed by atoms with Crippen molar-refractivity contribution in [1.29, 1.82) is 0 Å². The summed E-state index contributed by atoms with van der Waals surface area (Å²) in [5.41, 5.74) is 0.866. The second-order valence-electron chi connectivity index (χ2n) is 8.68. The zero-order valence-corrected chi connectivity index (χ0v) is 20.8. The highest BCUT2D eigenvalue weighted by molar-refractivity contribution is 5.92. The van der Waals surface area contributed by atoms with Gasteiger partial charge in [-0.2, -0.15) is 0 Å². The normalized spacial score (nSPS) is 12.4. The van der Waals surface area contributed by atoms with Crippen molar-refractivity contribution in [2.45, 2.75) is 90.6 Å². The summed E-state index contributed by atoms with van der Waals surface area (Å²) in [7, 11) is 0. The van der Waals surface area contributed by atoms with Crippen LogP contribution < -0.4 is 10.6 Å². The van der Waals surface area contributed by atoms with Gasteiger partial charge in [0.05, 0.1) is 0 Å². The Balaban J connectivity index is 3.03. The van der Waals surface area contributed by atoms with Gasteiger partial charge in [-0.25, -0.2) is 0 Å². The van der Waals surface area contributed by atoms with Gasteiger partial charge in [0.25, 0.3) is 0 Å². The summed E-state index contributed by atoms with van der Waals surface area (Å²) in [4.78, 5) is 51.3. The molecule has 2 atom stereocenters. The maximum Gasteiger partial charge on any atom is 0.303 e. The van der Waals surface area contributed by atoms with Crippen LogP contribution in [0.2, 0.25) is 0 Å². The van der Waals surface area contributed by atoms with Crippen LogP contribution in [0.25, 0.3) is 0 Å². The van der Waals surface area contributed by atoms with Crippen LogP contribution in [0, 0.1) is 0 Å². The van der Waals surface area contributed by atoms with Gasteiger partial charge in [-0.05, 0) is 24.8 Å². The van der Waals surface area contributed by atoms with E-state index >= 15 is 0 Å². The Hall–Kier alpha value is -2.90. The number of aliphatic carboxylic acids is 1. The number of carbonyl (C=O) groups is 4. The average molecular weight is 476 g/mol. The maximum absolute atomic E-state index is 13.4. The van der Waals surface area contributed by atoms with Crippen LogP contribution in [0.3, 0.4) is 0 Å². The highest BCUT2D eigenvalue weighted by Gasteiger charge is 2.29. The van der Waals surface area contributed by atoms with Crippen molar-refractivity contribution in [2.75, 3.05) is 13.1 Å². The topological polar surface area (TPSA) is 116 Å². The molecule has 0 fully saturated rings. The lowest BCUT2D eigenvalue weighted by Crippen LogP contribution is -2.55. The summed E-state index contributed by atoms with van der Waals surface area (Å²) < 4.78 is 0. The van der Waals surface area contributed by atoms with Crippen LogP contribution in [0.15, 0.2) is 30.3 Å². The van der Waals surface area contributed by atoms with Gasteiger partial charge in [-0.1, -0.05) is 69.9 Å². The van der Waals surface area contributed by atoms with Crippen LogP contribution in [-0.2, 0) is 25.6 Å². The summed E-state index contributed by atoms with van der Waals surface area (Å²) in [5.74, 6) is -2.14. The van der Waals surface area contributed by atoms with E-state index < -0.39 is 24.0 Å². The van der Waals surface area contributed by atoms with Crippen molar-refractivity contribution >= 4 is 23.7 Å². The Labute approximate surface area is 203 Å². The van der Waals surface area contributed by atoms with Crippen molar-refractivity contribution in [1.82, 2.24) is 15.5 Å². The smallest absolute Gasteiger partial charge is 0.303 e. The van der Waals surface area contributed by atoms with Crippen LogP contribution >= 0.6 is 0 Å². The fourth-order valence-electron chi connectivity index (χ4n) is 3.76. The highest BCUT2D eigenvalue weighted by Crippen LogP contribution is 2.10. The van der Waals surface area contributed by atoms with Crippen LogP contribution in [0.5, 0.6) is 0 Å². The number of carboxylic acid groups (broad SMARTS) is 1. The number of nitrogens with one attached hydrogen (secondary N) is 2. The molecular formula is C26H41N3O5. The van der Waals surface area contributed by atoms with Crippen LogP contribution in [0.4, 0.5) is 0 Å². The van der Waals surface area contributed by atoms with Crippen molar-refractivity contribution in [2.24, 2.45) is 0 Å². The second-order valence-corrected chi connectivity index (χ2v) is 8.68. The average Bonchev–Trinajstić information content (AvgIpc) is 2.80. The number of nitrogens with zero attached hydrogens (tertiary/aromatic N) is 1. The van der Waals surface area contributed by atoms with E-state index in [0.717, 1.165) is 44.1 Å². The van der Waals surface area contributed by atoms with Gasteiger partial charge in [0.15, 0.2) is 0 Å². The second kappa shape index (κ2) is 16.7. The fourth-order valence-corrected chi connectivity index (χ4v) is 3.76. The maximum atomic E-state index is 13.4. The molecule has 0 radical (unpaired) electrons. The molecule has 0 unspecified atom stereocenters. The third-order valence-corrected chi connectivity index (χ3v) is 5.61. The van der Waals surface area contributed by atoms with Crippen LogP contribution in [-0.4, -0.2) is 58.9 Å². The third-order valence-electron chi connectivity index (χ3n) is 5.61. The molecule has 0 spiro atoms. The van der Waals surface area contributed by atoms with E-state index in [1.165, 1.54) is 6.92 Å². The Kier molecular flexibility index (Phi) is 14.3. The number of carboxylic acids is 1. The molecule has 1 rings (SSSR count). The molecule has 34 heavy (non-hydrogen) atoms. The minimum absolute atomic E-state index is 0.00388. The fraction of sp³-hybridized carbons (Fsp3) is 0.615. The SMILES string of the molecule is CCCCCN(CCCCC)C(=O)[C@H](CCC(=O)O)NC(=O)[C@H](Cc1ccccc1)NC(C)=O. The lowest BCUT2D eigenvalue weighted by atomic mass is 10.0. The number of amides is 3. The monoisotopic (exact) mass is 475 g/mol. The number of rotatable bonds is 17. The van der Waals surface area contributed by atoms with Gasteiger partial charge in [0, 0.05) is 32.9 Å². The molecule has 3 amide bonds. The molecule has 0 heterocycles. The molecule has 190 valence electrons. The third kappa shape index (κ3) is 11.8. The van der Waals surface area contributed by atoms with Gasteiger partial charge in [-0.3, -0.25) is 19.2 Å². The zero-order chi connectivity index (χ0) is 25.3. The minimum atomic E-state index is -1.03. The number of carbonyl (C=O) groups excluding carboxylic acids is 3. The first-order valence-corrected chi connectivity index (χ1v) is 12.4. The van der Waals surface area contributed by atoms with E-state index in [-0.39, 0.29) is 31.1 Å². The Morgan fingerprint density at radius 1 is 0.882 bits per heavy atom. The van der Waals surface area contributed by atoms with Gasteiger partial charge in [0.1, 0.15) is 12.1 Å². The van der Waals surface area contributed by atoms with E-state index in [9.17, 15) is 24.3 Å². The molecule has 0 saturated heterocycles. The minimum Gasteiger partial charge on any atom is -0.481 e. The summed E-state index contributed by atoms with van der Waals surface area (Å²) in [5, 5.41) is 14.6. The molecule has 3 N–H and O–H groups in total. The summed E-state index contributed by atoms with van der Waals surface area (Å²) in [6.45, 7) is 6.67. The quantitative estimate of drug-likeness (QED) is 0.299. The lowest BCUT2D eigenvalue weighted by molar-refractivity contribution is -0.140. The number of hydrogen-bond acceptors (Lipinski definition) is 4. The number of unbranched alkanes of at least 4 members (excludes halogenated alkanes) is 4. The standard InChI is InChI=1S/C26H41N3O5/c1-4-6-11-17-29(18-12-7-5-2)26(34)22(15-16-24(31)32)28-25(33)23(27-20(3)30)19-21-13-9-8-10-14-21/h8-10,13-14,22-23H,4-7,11-12,15-19H2,1-3H3,(H,27,30)(H,28,33)(H,31,32)/t22-,23-/m0/s1. The van der Waals surface area contributed by atoms with E-state index in [1.54, 1.807) is 4.90 Å². The van der Waals surface area contributed by atoms with E-state index in [1.807, 2.05) is 30.3 Å². The van der Waals surface area contributed by atoms with E-state index in [4.69, 9.17) is 0 Å². The number of benzene rings is 1. The molecule has 0 aliphatic carbocycles. The molecule has 0 saturated carbocycles. The summed E-state index contributed by atoms with van der Waals surface area (Å²) in [6.07, 6.45) is 5.77. The first-order valence-electron chi connectivity index (χ1n) is 12.4. The van der Waals surface area contributed by atoms with Crippen LogP contribution in [0.1, 0.15) is 77.7 Å². The van der Waals surface area contributed by atoms with Crippen molar-refractivity contribution in [3.63, 3.8) is 0 Å². The Bertz CT molecular complexity index is 759. The molecule has 1 aromatic carbocycles. The number of hydrogen-bond donors (Lipinski definition) is 3. The van der Waals surface area contributed by atoms with Gasteiger partial charge in [-0.15, -0.1) is 0 Å². The molecule has 8 nitrogen and oxygen atoms in total. The molecule has 0 bridgehead atoms. The predicted octanol–water partition coefficient (Wildman–Crippen LogP) is 3.29. The van der Waals surface area contributed by atoms with Crippen molar-refractivity contribution in [3.05, 3.63) is 35.9 Å². The van der Waals surface area contributed by atoms with Gasteiger partial charge in [0.2, 0.25) is 17.7 Å². The zero-order valence-electron chi connectivity index (χ0n) is 20.8. The van der Waals surface area contributed by atoms with Crippen molar-refractivity contribution < 1.29 is 24.3 Å². The predicted molar refractivity (Wildman–Crippen MR) is 132 cm³/mol. The van der Waals surface area contributed by atoms with Gasteiger partial charge < -0.3 is 20.6 Å². The highest BCUT2D eigenvalue weighted by atomic mass is 16.4. The Morgan fingerprint density at radius 2 is 1.47 bits per heavy atom. The molecule has 8 heteroatoms. The first kappa shape index (κ1) is 29.1. The Morgan fingerprint density at radius 3 is 1.97 bits per heavy atom. The summed E-state index contributed by atoms with van der Waals surface area (Å²) in [6, 6.07) is 7.45. The van der Waals surface area contributed by atoms with E-state index in [2.05, 4.69) is 24.5 Å². The molecule has 0 aromatic heterocycles. The van der Waals surface area contributed by atoms with Gasteiger partial charge >= 0.3 is 5.97 Å². The summed E-state index contributed by atoms with van der Waals surface area (Å²) >= 11 is 0. The lowest BCUT2D eigenvalue weighted by Gasteiger charge is -2.29. The molecule has 1 aromatic rings. The first-order chi connectivity index (χ1) is 16.3. The molecule has 0 aliphatic heterocycles. The molecule has 0 aliphatic rings. The molecular weight excluding hydrogens is 434 g/mol.